The van der Waals surface area contributed by atoms with Gasteiger partial charge in [-0.1, -0.05) is 36.4 Å². The van der Waals surface area contributed by atoms with Crippen LogP contribution in [0.15, 0.2) is 54.6 Å². The molecule has 0 bridgehead atoms. The molecule has 23 heavy (non-hydrogen) atoms. The number of amides is 2. The normalized spacial score (nSPS) is 15.4. The molecule has 5 nitrogen and oxygen atoms in total. The number of aromatic hydroxyl groups is 1. The fourth-order valence-corrected chi connectivity index (χ4v) is 2.74. The van der Waals surface area contributed by atoms with Crippen molar-refractivity contribution >= 4 is 11.7 Å². The van der Waals surface area contributed by atoms with Gasteiger partial charge in [0.15, 0.2) is 0 Å². The molecule has 0 spiro atoms. The molecule has 0 radical (unpaired) electrons. The summed E-state index contributed by atoms with van der Waals surface area (Å²) in [4.78, 5) is 16.4. The van der Waals surface area contributed by atoms with Crippen LogP contribution in [0.2, 0.25) is 0 Å². The summed E-state index contributed by atoms with van der Waals surface area (Å²) in [6.45, 7) is 4.06. The summed E-state index contributed by atoms with van der Waals surface area (Å²) in [5.41, 5.74) is 1.91. The van der Waals surface area contributed by atoms with Gasteiger partial charge in [-0.3, -0.25) is 4.90 Å². The van der Waals surface area contributed by atoms with Crippen LogP contribution in [0, 0.1) is 0 Å². The van der Waals surface area contributed by atoms with Crippen LogP contribution >= 0.6 is 0 Å². The lowest BCUT2D eigenvalue weighted by Gasteiger charge is -2.34. The first-order chi connectivity index (χ1) is 11.2. The molecule has 2 N–H and O–H groups in total. The van der Waals surface area contributed by atoms with Gasteiger partial charge in [0.2, 0.25) is 0 Å². The number of piperazine rings is 1. The van der Waals surface area contributed by atoms with E-state index >= 15 is 0 Å². The van der Waals surface area contributed by atoms with Crippen molar-refractivity contribution in [1.29, 1.82) is 0 Å². The molecular formula is C18H21N3O2. The van der Waals surface area contributed by atoms with Gasteiger partial charge < -0.3 is 15.3 Å². The van der Waals surface area contributed by atoms with E-state index in [9.17, 15) is 9.90 Å². The zero-order valence-electron chi connectivity index (χ0n) is 13.0. The number of phenolic OH excluding ortho intramolecular Hbond substituents is 1. The Morgan fingerprint density at radius 3 is 2.43 bits per heavy atom. The monoisotopic (exact) mass is 311 g/mol. The fourth-order valence-electron chi connectivity index (χ4n) is 2.74. The second-order valence-electron chi connectivity index (χ2n) is 5.73. The van der Waals surface area contributed by atoms with Gasteiger partial charge in [-0.05, 0) is 17.7 Å². The van der Waals surface area contributed by atoms with Gasteiger partial charge in [-0.15, -0.1) is 0 Å². The number of hydrogen-bond donors (Lipinski definition) is 2. The third-order valence-corrected chi connectivity index (χ3v) is 4.01. The highest BCUT2D eigenvalue weighted by atomic mass is 16.3. The number of nitrogens with zero attached hydrogens (tertiary/aromatic N) is 2. The molecule has 1 aliphatic rings. The Morgan fingerprint density at radius 2 is 1.74 bits per heavy atom. The van der Waals surface area contributed by atoms with Crippen LogP contribution in [0.4, 0.5) is 10.5 Å². The molecule has 0 aromatic heterocycles. The molecule has 2 aromatic carbocycles. The first kappa shape index (κ1) is 15.4. The Labute approximate surface area is 136 Å². The standard InChI is InChI=1S/C18H21N3O2/c22-17-8-4-7-16(13-17)19-18(23)21-11-9-20(10-12-21)14-15-5-2-1-3-6-15/h1-8,13,22H,9-12,14H2,(H,19,23). The van der Waals surface area contributed by atoms with Crippen molar-refractivity contribution in [3.8, 4) is 5.75 Å². The number of nitrogens with one attached hydrogen (secondary N) is 1. The van der Waals surface area contributed by atoms with Gasteiger partial charge in [-0.2, -0.15) is 0 Å². The lowest BCUT2D eigenvalue weighted by Crippen LogP contribution is -2.49. The molecule has 1 aliphatic heterocycles. The molecule has 2 aromatic rings. The van der Waals surface area contributed by atoms with Gasteiger partial charge >= 0.3 is 6.03 Å². The van der Waals surface area contributed by atoms with E-state index in [0.717, 1.165) is 19.6 Å². The predicted molar refractivity (Wildman–Crippen MR) is 90.4 cm³/mol. The number of benzene rings is 2. The summed E-state index contributed by atoms with van der Waals surface area (Å²) in [6.07, 6.45) is 0. The lowest BCUT2D eigenvalue weighted by atomic mass is 10.2. The van der Waals surface area contributed by atoms with E-state index in [4.69, 9.17) is 0 Å². The molecule has 0 atom stereocenters. The number of hydrogen-bond acceptors (Lipinski definition) is 3. The average Bonchev–Trinajstić information content (AvgIpc) is 2.56. The average molecular weight is 311 g/mol. The van der Waals surface area contributed by atoms with E-state index in [0.29, 0.717) is 18.8 Å². The molecule has 0 aliphatic carbocycles. The largest absolute Gasteiger partial charge is 0.508 e. The molecule has 3 rings (SSSR count). The second kappa shape index (κ2) is 7.15. The summed E-state index contributed by atoms with van der Waals surface area (Å²) in [6, 6.07) is 16.9. The van der Waals surface area contributed by atoms with E-state index in [2.05, 4.69) is 22.3 Å². The van der Waals surface area contributed by atoms with Crippen molar-refractivity contribution in [3.63, 3.8) is 0 Å². The highest BCUT2D eigenvalue weighted by Gasteiger charge is 2.21. The second-order valence-corrected chi connectivity index (χ2v) is 5.73. The lowest BCUT2D eigenvalue weighted by molar-refractivity contribution is 0.143. The number of carbonyl (C=O) groups excluding carboxylic acids is 1. The van der Waals surface area contributed by atoms with Crippen LogP contribution in [-0.2, 0) is 6.54 Å². The number of carbonyl (C=O) groups is 1. The number of urea groups is 1. The van der Waals surface area contributed by atoms with E-state index in [-0.39, 0.29) is 11.8 Å². The SMILES string of the molecule is O=C(Nc1cccc(O)c1)N1CCN(Cc2ccccc2)CC1. The Morgan fingerprint density at radius 1 is 1.00 bits per heavy atom. The van der Waals surface area contributed by atoms with E-state index in [1.165, 1.54) is 5.56 Å². The van der Waals surface area contributed by atoms with Crippen molar-refractivity contribution in [2.75, 3.05) is 31.5 Å². The van der Waals surface area contributed by atoms with Gasteiger partial charge in [0.25, 0.3) is 0 Å². The summed E-state index contributed by atoms with van der Waals surface area (Å²) < 4.78 is 0. The molecule has 1 fully saturated rings. The van der Waals surface area contributed by atoms with Gasteiger partial charge in [0, 0.05) is 44.5 Å². The molecule has 1 saturated heterocycles. The fraction of sp³-hybridized carbons (Fsp3) is 0.278. The van der Waals surface area contributed by atoms with E-state index in [1.54, 1.807) is 24.3 Å². The minimum atomic E-state index is -0.116. The van der Waals surface area contributed by atoms with Crippen molar-refractivity contribution in [2.45, 2.75) is 6.54 Å². The molecule has 120 valence electrons. The van der Waals surface area contributed by atoms with Crippen LogP contribution in [0.1, 0.15) is 5.56 Å². The summed E-state index contributed by atoms with van der Waals surface area (Å²) in [5, 5.41) is 12.3. The Bertz CT molecular complexity index is 652. The number of anilines is 1. The van der Waals surface area contributed by atoms with Crippen LogP contribution < -0.4 is 5.32 Å². The van der Waals surface area contributed by atoms with Crippen molar-refractivity contribution in [1.82, 2.24) is 9.80 Å². The topological polar surface area (TPSA) is 55.8 Å². The zero-order valence-corrected chi connectivity index (χ0v) is 13.0. The van der Waals surface area contributed by atoms with Crippen molar-refractivity contribution in [3.05, 3.63) is 60.2 Å². The predicted octanol–water partition coefficient (Wildman–Crippen LogP) is 2.74. The minimum absolute atomic E-state index is 0.116. The van der Waals surface area contributed by atoms with Crippen LogP contribution in [0.5, 0.6) is 5.75 Å². The van der Waals surface area contributed by atoms with E-state index in [1.807, 2.05) is 23.1 Å². The number of phenols is 1. The summed E-state index contributed by atoms with van der Waals surface area (Å²) >= 11 is 0. The quantitative estimate of drug-likeness (QED) is 0.916. The van der Waals surface area contributed by atoms with Gasteiger partial charge in [-0.25, -0.2) is 4.79 Å². The van der Waals surface area contributed by atoms with Crippen LogP contribution in [-0.4, -0.2) is 47.1 Å². The van der Waals surface area contributed by atoms with E-state index < -0.39 is 0 Å². The maximum Gasteiger partial charge on any atom is 0.321 e. The molecule has 0 unspecified atom stereocenters. The maximum absolute atomic E-state index is 12.3. The molecule has 1 heterocycles. The van der Waals surface area contributed by atoms with Crippen molar-refractivity contribution in [2.24, 2.45) is 0 Å². The van der Waals surface area contributed by atoms with Crippen molar-refractivity contribution < 1.29 is 9.90 Å². The Kier molecular flexibility index (Phi) is 4.78. The van der Waals surface area contributed by atoms with Gasteiger partial charge in [0.05, 0.1) is 0 Å². The highest BCUT2D eigenvalue weighted by Crippen LogP contribution is 2.16. The summed E-state index contributed by atoms with van der Waals surface area (Å²) in [7, 11) is 0. The first-order valence-corrected chi connectivity index (χ1v) is 7.82. The van der Waals surface area contributed by atoms with Gasteiger partial charge in [0.1, 0.15) is 5.75 Å². The third-order valence-electron chi connectivity index (χ3n) is 4.01. The first-order valence-electron chi connectivity index (χ1n) is 7.82. The molecule has 5 heteroatoms. The third kappa shape index (κ3) is 4.23. The zero-order chi connectivity index (χ0) is 16.1. The van der Waals surface area contributed by atoms with Crippen LogP contribution in [0.25, 0.3) is 0 Å². The highest BCUT2D eigenvalue weighted by molar-refractivity contribution is 5.89. The molecular weight excluding hydrogens is 290 g/mol. The minimum Gasteiger partial charge on any atom is -0.508 e. The summed E-state index contributed by atoms with van der Waals surface area (Å²) in [5.74, 6) is 0.149. The Balaban J connectivity index is 1.49. The molecule has 2 amide bonds. The molecule has 0 saturated carbocycles. The maximum atomic E-state index is 12.3. The Hall–Kier alpha value is -2.53. The number of rotatable bonds is 3. The smallest absolute Gasteiger partial charge is 0.321 e. The van der Waals surface area contributed by atoms with Crippen LogP contribution in [0.3, 0.4) is 0 Å².